The molecule has 2 aliphatic rings. The number of rotatable bonds is 5. The zero-order chi connectivity index (χ0) is 12.3. The van der Waals surface area contributed by atoms with Crippen molar-refractivity contribution in [2.75, 3.05) is 26.2 Å². The molecule has 2 atom stereocenters. The summed E-state index contributed by atoms with van der Waals surface area (Å²) in [6, 6.07) is 0. The summed E-state index contributed by atoms with van der Waals surface area (Å²) in [6.07, 6.45) is 4.38. The van der Waals surface area contributed by atoms with E-state index in [0.717, 1.165) is 63.7 Å². The number of nitrogens with zero attached hydrogens (tertiary/aromatic N) is 1. The van der Waals surface area contributed by atoms with E-state index in [2.05, 4.69) is 24.1 Å². The highest BCUT2D eigenvalue weighted by atomic mass is 16.2. The Bertz CT molecular complexity index is 249. The largest absolute Gasteiger partial charge is 0.342 e. The molecule has 0 radical (unpaired) electrons. The van der Waals surface area contributed by atoms with Gasteiger partial charge in [0.1, 0.15) is 0 Å². The fourth-order valence-corrected chi connectivity index (χ4v) is 3.38. The molecule has 17 heavy (non-hydrogen) atoms. The number of fused-ring (bicyclic) bond motifs is 1. The summed E-state index contributed by atoms with van der Waals surface area (Å²) < 4.78 is 0. The van der Waals surface area contributed by atoms with Crippen molar-refractivity contribution in [2.45, 2.75) is 39.5 Å². The van der Waals surface area contributed by atoms with Gasteiger partial charge in [0.2, 0.25) is 5.91 Å². The lowest BCUT2D eigenvalue weighted by Crippen LogP contribution is -2.36. The fraction of sp³-hybridized carbons (Fsp3) is 0.929. The summed E-state index contributed by atoms with van der Waals surface area (Å²) in [7, 11) is 0. The van der Waals surface area contributed by atoms with Gasteiger partial charge in [0.15, 0.2) is 0 Å². The standard InChI is InChI=1S/C14H26N2O/c1-3-5-11(6-4-2)14(17)16-9-12-7-15-8-13(12)10-16/h11-13,15H,3-10H2,1-2H3. The molecule has 2 rings (SSSR count). The molecule has 1 amide bonds. The minimum absolute atomic E-state index is 0.289. The summed E-state index contributed by atoms with van der Waals surface area (Å²) in [6.45, 7) is 8.58. The molecular formula is C14H26N2O. The van der Waals surface area contributed by atoms with Crippen molar-refractivity contribution in [1.29, 1.82) is 0 Å². The van der Waals surface area contributed by atoms with Gasteiger partial charge in [-0.3, -0.25) is 4.79 Å². The molecule has 3 heteroatoms. The summed E-state index contributed by atoms with van der Waals surface area (Å²) in [5.41, 5.74) is 0. The third-order valence-corrected chi connectivity index (χ3v) is 4.32. The van der Waals surface area contributed by atoms with Crippen LogP contribution in [-0.2, 0) is 4.79 Å². The van der Waals surface area contributed by atoms with Gasteiger partial charge in [0.25, 0.3) is 0 Å². The normalized spacial score (nSPS) is 27.8. The quantitative estimate of drug-likeness (QED) is 0.793. The second-order valence-corrected chi connectivity index (χ2v) is 5.70. The van der Waals surface area contributed by atoms with Crippen molar-refractivity contribution in [3.63, 3.8) is 0 Å². The van der Waals surface area contributed by atoms with Gasteiger partial charge in [-0.2, -0.15) is 0 Å². The number of amides is 1. The maximum Gasteiger partial charge on any atom is 0.225 e. The average Bonchev–Trinajstić information content (AvgIpc) is 2.87. The molecule has 2 fully saturated rings. The van der Waals surface area contributed by atoms with E-state index in [4.69, 9.17) is 0 Å². The molecule has 2 aliphatic heterocycles. The summed E-state index contributed by atoms with van der Waals surface area (Å²) in [5, 5.41) is 3.43. The van der Waals surface area contributed by atoms with E-state index in [-0.39, 0.29) is 5.92 Å². The Balaban J connectivity index is 1.90. The first kappa shape index (κ1) is 12.9. The van der Waals surface area contributed by atoms with Gasteiger partial charge in [-0.25, -0.2) is 0 Å². The molecule has 0 aliphatic carbocycles. The van der Waals surface area contributed by atoms with Crippen molar-refractivity contribution in [3.8, 4) is 0 Å². The van der Waals surface area contributed by atoms with Crippen molar-refractivity contribution in [3.05, 3.63) is 0 Å². The first-order chi connectivity index (χ1) is 8.26. The molecule has 1 N–H and O–H groups in total. The second kappa shape index (κ2) is 5.85. The van der Waals surface area contributed by atoms with Gasteiger partial charge in [0.05, 0.1) is 0 Å². The SMILES string of the molecule is CCCC(CCC)C(=O)N1CC2CNCC2C1. The number of hydrogen-bond acceptors (Lipinski definition) is 2. The zero-order valence-corrected chi connectivity index (χ0v) is 11.2. The molecule has 0 aromatic carbocycles. The van der Waals surface area contributed by atoms with Crippen molar-refractivity contribution in [1.82, 2.24) is 10.2 Å². The minimum atomic E-state index is 0.289. The number of likely N-dealkylation sites (tertiary alicyclic amines) is 1. The Morgan fingerprint density at radius 3 is 2.18 bits per heavy atom. The Morgan fingerprint density at radius 1 is 1.18 bits per heavy atom. The van der Waals surface area contributed by atoms with Crippen LogP contribution in [0.15, 0.2) is 0 Å². The van der Waals surface area contributed by atoms with Crippen molar-refractivity contribution < 1.29 is 4.79 Å². The Kier molecular flexibility index (Phi) is 4.43. The van der Waals surface area contributed by atoms with E-state index in [9.17, 15) is 4.79 Å². The molecule has 0 spiro atoms. The lowest BCUT2D eigenvalue weighted by atomic mass is 9.97. The van der Waals surface area contributed by atoms with E-state index in [1.54, 1.807) is 0 Å². The van der Waals surface area contributed by atoms with Crippen molar-refractivity contribution >= 4 is 5.91 Å². The topological polar surface area (TPSA) is 32.3 Å². The lowest BCUT2D eigenvalue weighted by molar-refractivity contribution is -0.135. The van der Waals surface area contributed by atoms with Crippen LogP contribution in [0.4, 0.5) is 0 Å². The highest BCUT2D eigenvalue weighted by Crippen LogP contribution is 2.28. The Labute approximate surface area is 105 Å². The number of carbonyl (C=O) groups excluding carboxylic acids is 1. The molecule has 0 bridgehead atoms. The van der Waals surface area contributed by atoms with Crippen LogP contribution < -0.4 is 5.32 Å². The summed E-state index contributed by atoms with van der Waals surface area (Å²) in [4.78, 5) is 14.6. The molecule has 0 aromatic heterocycles. The van der Waals surface area contributed by atoms with Crippen LogP contribution in [-0.4, -0.2) is 37.0 Å². The first-order valence-electron chi connectivity index (χ1n) is 7.25. The Morgan fingerprint density at radius 2 is 1.71 bits per heavy atom. The third-order valence-electron chi connectivity index (χ3n) is 4.32. The molecule has 0 aromatic rings. The van der Waals surface area contributed by atoms with Gasteiger partial charge >= 0.3 is 0 Å². The molecule has 0 saturated carbocycles. The van der Waals surface area contributed by atoms with Gasteiger partial charge in [-0.15, -0.1) is 0 Å². The maximum atomic E-state index is 12.5. The van der Waals surface area contributed by atoms with Crippen LogP contribution in [0.5, 0.6) is 0 Å². The molecule has 2 saturated heterocycles. The highest BCUT2D eigenvalue weighted by Gasteiger charge is 2.39. The van der Waals surface area contributed by atoms with Crippen molar-refractivity contribution in [2.24, 2.45) is 17.8 Å². The van der Waals surface area contributed by atoms with Crippen LogP contribution in [0.2, 0.25) is 0 Å². The van der Waals surface area contributed by atoms with Gasteiger partial charge in [-0.1, -0.05) is 26.7 Å². The van der Waals surface area contributed by atoms with E-state index in [1.165, 1.54) is 0 Å². The number of hydrogen-bond donors (Lipinski definition) is 1. The first-order valence-corrected chi connectivity index (χ1v) is 7.25. The highest BCUT2D eigenvalue weighted by molar-refractivity contribution is 5.79. The molecule has 98 valence electrons. The fourth-order valence-electron chi connectivity index (χ4n) is 3.38. The molecule has 2 unspecified atom stereocenters. The second-order valence-electron chi connectivity index (χ2n) is 5.70. The van der Waals surface area contributed by atoms with E-state index < -0.39 is 0 Å². The molecule has 3 nitrogen and oxygen atoms in total. The average molecular weight is 238 g/mol. The number of nitrogens with one attached hydrogen (secondary N) is 1. The molecular weight excluding hydrogens is 212 g/mol. The predicted molar refractivity (Wildman–Crippen MR) is 69.7 cm³/mol. The van der Waals surface area contributed by atoms with Gasteiger partial charge in [-0.05, 0) is 24.7 Å². The van der Waals surface area contributed by atoms with Gasteiger partial charge < -0.3 is 10.2 Å². The van der Waals surface area contributed by atoms with Crippen LogP contribution in [0.3, 0.4) is 0 Å². The third kappa shape index (κ3) is 2.82. The van der Waals surface area contributed by atoms with Crippen LogP contribution in [0.25, 0.3) is 0 Å². The summed E-state index contributed by atoms with van der Waals surface area (Å²) >= 11 is 0. The predicted octanol–water partition coefficient (Wildman–Crippen LogP) is 1.88. The number of carbonyl (C=O) groups is 1. The van der Waals surface area contributed by atoms with Crippen LogP contribution >= 0.6 is 0 Å². The van der Waals surface area contributed by atoms with E-state index in [1.807, 2.05) is 0 Å². The summed E-state index contributed by atoms with van der Waals surface area (Å²) in [5.74, 6) is 2.17. The minimum Gasteiger partial charge on any atom is -0.342 e. The molecule has 2 heterocycles. The maximum absolute atomic E-state index is 12.5. The Hall–Kier alpha value is -0.570. The zero-order valence-electron chi connectivity index (χ0n) is 11.2. The monoisotopic (exact) mass is 238 g/mol. The van der Waals surface area contributed by atoms with Gasteiger partial charge in [0, 0.05) is 32.1 Å². The van der Waals surface area contributed by atoms with Crippen LogP contribution in [0.1, 0.15) is 39.5 Å². The van der Waals surface area contributed by atoms with Crippen LogP contribution in [0, 0.1) is 17.8 Å². The smallest absolute Gasteiger partial charge is 0.225 e. The van der Waals surface area contributed by atoms with E-state index in [0.29, 0.717) is 5.91 Å². The van der Waals surface area contributed by atoms with E-state index >= 15 is 0 Å². The lowest BCUT2D eigenvalue weighted by Gasteiger charge is -2.23.